The van der Waals surface area contributed by atoms with Gasteiger partial charge < -0.3 is 4.74 Å². The van der Waals surface area contributed by atoms with Gasteiger partial charge in [-0.3, -0.25) is 4.68 Å². The number of hydrogen-bond acceptors (Lipinski definition) is 3. The smallest absolute Gasteiger partial charge is 0.158 e. The second-order valence-corrected chi connectivity index (χ2v) is 5.65. The van der Waals surface area contributed by atoms with Crippen molar-refractivity contribution in [2.24, 2.45) is 7.05 Å². The largest absolute Gasteiger partial charge is 0.493 e. The molecule has 0 atom stereocenters. The van der Waals surface area contributed by atoms with Gasteiger partial charge in [-0.15, -0.1) is 0 Å². The van der Waals surface area contributed by atoms with Crippen LogP contribution in [0.3, 0.4) is 0 Å². The van der Waals surface area contributed by atoms with E-state index in [9.17, 15) is 0 Å². The topological polar surface area (TPSA) is 39.9 Å². The number of pyridine rings is 1. The Morgan fingerprint density at radius 3 is 2.90 bits per heavy atom. The second kappa shape index (κ2) is 4.32. The summed E-state index contributed by atoms with van der Waals surface area (Å²) in [6, 6.07) is 8.47. The molecule has 0 unspecified atom stereocenters. The van der Waals surface area contributed by atoms with Gasteiger partial charge in [0.2, 0.25) is 0 Å². The van der Waals surface area contributed by atoms with Crippen LogP contribution in [0.15, 0.2) is 24.3 Å². The van der Waals surface area contributed by atoms with Gasteiger partial charge in [0.1, 0.15) is 5.75 Å². The predicted molar refractivity (Wildman–Crippen MR) is 82.6 cm³/mol. The molecule has 3 aromatic rings. The monoisotopic (exact) mass is 279 g/mol. The van der Waals surface area contributed by atoms with Crippen LogP contribution in [0, 0.1) is 13.8 Å². The SMILES string of the molecule is Cc1cc(-c2ccc3c(c2)CCO3)nc2c1c(C)nn2C. The molecule has 1 aromatic carbocycles. The maximum Gasteiger partial charge on any atom is 0.158 e. The molecule has 0 aliphatic carbocycles. The molecule has 4 nitrogen and oxygen atoms in total. The van der Waals surface area contributed by atoms with Crippen LogP contribution in [0.25, 0.3) is 22.3 Å². The Bertz CT molecular complexity index is 864. The average molecular weight is 279 g/mol. The lowest BCUT2D eigenvalue weighted by molar-refractivity contribution is 0.357. The molecule has 0 fully saturated rings. The van der Waals surface area contributed by atoms with Gasteiger partial charge in [-0.05, 0) is 49.2 Å². The molecule has 106 valence electrons. The summed E-state index contributed by atoms with van der Waals surface area (Å²) in [7, 11) is 1.95. The molecule has 4 rings (SSSR count). The van der Waals surface area contributed by atoms with Crippen LogP contribution in [-0.2, 0) is 13.5 Å². The minimum atomic E-state index is 0.783. The van der Waals surface area contributed by atoms with Crippen LogP contribution in [-0.4, -0.2) is 21.4 Å². The van der Waals surface area contributed by atoms with Crippen LogP contribution in [0.5, 0.6) is 5.75 Å². The van der Waals surface area contributed by atoms with Crippen molar-refractivity contribution in [1.29, 1.82) is 0 Å². The minimum absolute atomic E-state index is 0.783. The highest BCUT2D eigenvalue weighted by atomic mass is 16.5. The van der Waals surface area contributed by atoms with E-state index in [1.54, 1.807) is 0 Å². The molecule has 0 saturated carbocycles. The molecule has 3 heterocycles. The Kier molecular flexibility index (Phi) is 2.55. The Hall–Kier alpha value is -2.36. The van der Waals surface area contributed by atoms with Crippen molar-refractivity contribution in [3.8, 4) is 17.0 Å². The van der Waals surface area contributed by atoms with E-state index >= 15 is 0 Å². The third-order valence-electron chi connectivity index (χ3n) is 4.15. The maximum absolute atomic E-state index is 5.57. The highest BCUT2D eigenvalue weighted by Crippen LogP contribution is 2.31. The van der Waals surface area contributed by atoms with Crippen molar-refractivity contribution in [2.45, 2.75) is 20.3 Å². The van der Waals surface area contributed by atoms with E-state index in [-0.39, 0.29) is 0 Å². The lowest BCUT2D eigenvalue weighted by Gasteiger charge is -2.06. The highest BCUT2D eigenvalue weighted by Gasteiger charge is 2.15. The minimum Gasteiger partial charge on any atom is -0.493 e. The lowest BCUT2D eigenvalue weighted by atomic mass is 10.0. The van der Waals surface area contributed by atoms with Gasteiger partial charge in [0.15, 0.2) is 5.65 Å². The fourth-order valence-corrected chi connectivity index (χ4v) is 3.15. The summed E-state index contributed by atoms with van der Waals surface area (Å²) in [4.78, 5) is 4.81. The van der Waals surface area contributed by atoms with Gasteiger partial charge >= 0.3 is 0 Å². The Morgan fingerprint density at radius 1 is 1.19 bits per heavy atom. The number of aromatic nitrogens is 3. The fourth-order valence-electron chi connectivity index (χ4n) is 3.15. The summed E-state index contributed by atoms with van der Waals surface area (Å²) >= 11 is 0. The molecule has 0 radical (unpaired) electrons. The van der Waals surface area contributed by atoms with Gasteiger partial charge in [0, 0.05) is 24.4 Å². The van der Waals surface area contributed by atoms with Crippen molar-refractivity contribution in [2.75, 3.05) is 6.61 Å². The van der Waals surface area contributed by atoms with Gasteiger partial charge in [-0.1, -0.05) is 0 Å². The van der Waals surface area contributed by atoms with E-state index in [4.69, 9.17) is 9.72 Å². The number of aryl methyl sites for hydroxylation is 3. The number of ether oxygens (including phenoxy) is 1. The maximum atomic E-state index is 5.57. The van der Waals surface area contributed by atoms with E-state index in [2.05, 4.69) is 30.2 Å². The quantitative estimate of drug-likeness (QED) is 0.687. The molecule has 0 N–H and O–H groups in total. The highest BCUT2D eigenvalue weighted by molar-refractivity contribution is 5.85. The molecule has 2 aromatic heterocycles. The molecule has 0 spiro atoms. The van der Waals surface area contributed by atoms with Crippen molar-refractivity contribution in [3.63, 3.8) is 0 Å². The first-order chi connectivity index (χ1) is 10.1. The first-order valence-electron chi connectivity index (χ1n) is 7.20. The molecule has 0 bridgehead atoms. The third kappa shape index (κ3) is 1.82. The second-order valence-electron chi connectivity index (χ2n) is 5.65. The average Bonchev–Trinajstić information content (AvgIpc) is 3.03. The zero-order valence-electron chi connectivity index (χ0n) is 12.5. The zero-order valence-corrected chi connectivity index (χ0v) is 12.5. The first kappa shape index (κ1) is 12.4. The van der Waals surface area contributed by atoms with Crippen molar-refractivity contribution in [3.05, 3.63) is 41.1 Å². The normalized spacial score (nSPS) is 13.5. The molecule has 0 saturated heterocycles. The summed E-state index contributed by atoms with van der Waals surface area (Å²) < 4.78 is 7.43. The van der Waals surface area contributed by atoms with Gasteiger partial charge in [-0.25, -0.2) is 4.98 Å². The number of rotatable bonds is 1. The Labute approximate surface area is 123 Å². The van der Waals surface area contributed by atoms with Crippen LogP contribution < -0.4 is 4.74 Å². The Morgan fingerprint density at radius 2 is 2.05 bits per heavy atom. The van der Waals surface area contributed by atoms with Crippen LogP contribution >= 0.6 is 0 Å². The summed E-state index contributed by atoms with van der Waals surface area (Å²) in [5.74, 6) is 1.01. The molecular formula is C17H17N3O. The predicted octanol–water partition coefficient (Wildman–Crippen LogP) is 3.19. The molecule has 1 aliphatic heterocycles. The molecule has 4 heteroatoms. The molecular weight excluding hydrogens is 262 g/mol. The molecule has 1 aliphatic rings. The van der Waals surface area contributed by atoms with Crippen molar-refractivity contribution < 1.29 is 4.74 Å². The van der Waals surface area contributed by atoms with Gasteiger partial charge in [-0.2, -0.15) is 5.10 Å². The van der Waals surface area contributed by atoms with Crippen molar-refractivity contribution in [1.82, 2.24) is 14.8 Å². The van der Waals surface area contributed by atoms with E-state index in [1.807, 2.05) is 24.7 Å². The standard InChI is InChI=1S/C17H17N3O/c1-10-8-14(18-17-16(10)11(2)19-20(17)3)12-4-5-15-13(9-12)6-7-21-15/h4-5,8-9H,6-7H2,1-3H3. The van der Waals surface area contributed by atoms with Gasteiger partial charge in [0.05, 0.1) is 18.0 Å². The van der Waals surface area contributed by atoms with E-state index in [0.717, 1.165) is 46.8 Å². The zero-order chi connectivity index (χ0) is 14.6. The fraction of sp³-hybridized carbons (Fsp3) is 0.294. The number of benzene rings is 1. The van der Waals surface area contributed by atoms with E-state index < -0.39 is 0 Å². The number of nitrogens with zero attached hydrogens (tertiary/aromatic N) is 3. The van der Waals surface area contributed by atoms with Gasteiger partial charge in [0.25, 0.3) is 0 Å². The van der Waals surface area contributed by atoms with E-state index in [0.29, 0.717) is 0 Å². The van der Waals surface area contributed by atoms with Crippen molar-refractivity contribution >= 4 is 11.0 Å². The first-order valence-corrected chi connectivity index (χ1v) is 7.20. The summed E-state index contributed by atoms with van der Waals surface area (Å²) in [6.07, 6.45) is 0.981. The van der Waals surface area contributed by atoms with Crippen LogP contribution in [0.4, 0.5) is 0 Å². The summed E-state index contributed by atoms with van der Waals surface area (Å²) in [6.45, 7) is 4.94. The summed E-state index contributed by atoms with van der Waals surface area (Å²) in [5, 5.41) is 5.64. The number of fused-ring (bicyclic) bond motifs is 2. The van der Waals surface area contributed by atoms with Crippen LogP contribution in [0.2, 0.25) is 0 Å². The molecule has 21 heavy (non-hydrogen) atoms. The Balaban J connectivity index is 1.93. The third-order valence-corrected chi connectivity index (χ3v) is 4.15. The number of hydrogen-bond donors (Lipinski definition) is 0. The molecule has 0 amide bonds. The lowest BCUT2D eigenvalue weighted by Crippen LogP contribution is -1.94. The van der Waals surface area contributed by atoms with E-state index in [1.165, 1.54) is 11.1 Å². The summed E-state index contributed by atoms with van der Waals surface area (Å²) in [5.41, 5.74) is 6.61. The van der Waals surface area contributed by atoms with Crippen LogP contribution in [0.1, 0.15) is 16.8 Å².